The molecule has 18 heavy (non-hydrogen) atoms. The lowest BCUT2D eigenvalue weighted by atomic mass is 10.2. The van der Waals surface area contributed by atoms with Crippen molar-refractivity contribution >= 4 is 39.4 Å². The fraction of sp³-hybridized carbons (Fsp3) is 0.333. The molecule has 0 spiro atoms. The molecule has 6 heteroatoms. The van der Waals surface area contributed by atoms with Crippen molar-refractivity contribution in [1.82, 2.24) is 5.32 Å². The average molecular weight is 333 g/mol. The molecule has 0 saturated heterocycles. The standard InChI is InChI=1S/C12H11BrClNO3/c13-9-3-1-2-6(10(9)14)5-15-11(16)7-4-8(7)12(17)18/h1-3,7-8H,4-5H2,(H,15,16)(H,17,18)/t7-,8+/m0/s1. The van der Waals surface area contributed by atoms with Crippen LogP contribution in [0, 0.1) is 11.8 Å². The van der Waals surface area contributed by atoms with Crippen LogP contribution in [-0.2, 0) is 16.1 Å². The molecule has 2 N–H and O–H groups in total. The van der Waals surface area contributed by atoms with Gasteiger partial charge in [0.25, 0.3) is 0 Å². The van der Waals surface area contributed by atoms with Gasteiger partial charge in [-0.25, -0.2) is 0 Å². The molecule has 0 heterocycles. The van der Waals surface area contributed by atoms with Crippen LogP contribution in [0.25, 0.3) is 0 Å². The molecule has 96 valence electrons. The molecule has 1 aromatic rings. The van der Waals surface area contributed by atoms with E-state index in [-0.39, 0.29) is 5.91 Å². The highest BCUT2D eigenvalue weighted by Crippen LogP contribution is 2.38. The molecular formula is C12H11BrClNO3. The summed E-state index contributed by atoms with van der Waals surface area (Å²) in [6, 6.07) is 5.46. The highest BCUT2D eigenvalue weighted by molar-refractivity contribution is 9.10. The maximum absolute atomic E-state index is 11.7. The molecule has 1 fully saturated rings. The first-order valence-corrected chi connectivity index (χ1v) is 6.61. The minimum Gasteiger partial charge on any atom is -0.481 e. The van der Waals surface area contributed by atoms with Gasteiger partial charge in [0.2, 0.25) is 5.91 Å². The van der Waals surface area contributed by atoms with Gasteiger partial charge in [0.05, 0.1) is 16.9 Å². The van der Waals surface area contributed by atoms with Crippen LogP contribution < -0.4 is 5.32 Å². The summed E-state index contributed by atoms with van der Waals surface area (Å²) in [6.07, 6.45) is 0.424. The fourth-order valence-electron chi connectivity index (χ4n) is 1.76. The van der Waals surface area contributed by atoms with E-state index in [1.807, 2.05) is 18.2 Å². The molecule has 1 aliphatic carbocycles. The average Bonchev–Trinajstić information content (AvgIpc) is 3.11. The monoisotopic (exact) mass is 331 g/mol. The third-order valence-corrected chi connectivity index (χ3v) is 4.26. The number of hydrogen-bond acceptors (Lipinski definition) is 2. The molecule has 2 atom stereocenters. The van der Waals surface area contributed by atoms with Crippen molar-refractivity contribution in [3.63, 3.8) is 0 Å². The first-order valence-electron chi connectivity index (χ1n) is 5.44. The Hall–Kier alpha value is -1.07. The zero-order valence-electron chi connectivity index (χ0n) is 9.32. The number of hydrogen-bond donors (Lipinski definition) is 2. The molecular weight excluding hydrogens is 321 g/mol. The van der Waals surface area contributed by atoms with E-state index in [0.29, 0.717) is 18.0 Å². The Morgan fingerprint density at radius 1 is 1.44 bits per heavy atom. The van der Waals surface area contributed by atoms with Gasteiger partial charge in [0.1, 0.15) is 0 Å². The van der Waals surface area contributed by atoms with Gasteiger partial charge in [-0.15, -0.1) is 0 Å². The predicted octanol–water partition coefficient (Wildman–Crippen LogP) is 2.44. The van der Waals surface area contributed by atoms with Gasteiger partial charge >= 0.3 is 5.97 Å². The summed E-state index contributed by atoms with van der Waals surface area (Å²) in [6.45, 7) is 0.306. The summed E-state index contributed by atoms with van der Waals surface area (Å²) < 4.78 is 0.769. The number of halogens is 2. The maximum Gasteiger partial charge on any atom is 0.307 e. The van der Waals surface area contributed by atoms with Crippen LogP contribution in [0.15, 0.2) is 22.7 Å². The van der Waals surface area contributed by atoms with Crippen molar-refractivity contribution in [2.75, 3.05) is 0 Å². The van der Waals surface area contributed by atoms with Gasteiger partial charge in [-0.05, 0) is 34.0 Å². The molecule has 4 nitrogen and oxygen atoms in total. The van der Waals surface area contributed by atoms with Gasteiger partial charge in [0.15, 0.2) is 0 Å². The Bertz CT molecular complexity index is 506. The Balaban J connectivity index is 1.91. The third-order valence-electron chi connectivity index (χ3n) is 2.93. The second kappa shape index (κ2) is 5.28. The molecule has 1 aromatic carbocycles. The quantitative estimate of drug-likeness (QED) is 0.890. The smallest absolute Gasteiger partial charge is 0.307 e. The van der Waals surface area contributed by atoms with Crippen LogP contribution in [0.3, 0.4) is 0 Å². The lowest BCUT2D eigenvalue weighted by Crippen LogP contribution is -2.26. The van der Waals surface area contributed by atoms with Gasteiger partial charge in [-0.1, -0.05) is 23.7 Å². The van der Waals surface area contributed by atoms with Crippen molar-refractivity contribution in [2.24, 2.45) is 11.8 Å². The lowest BCUT2D eigenvalue weighted by Gasteiger charge is -2.07. The van der Waals surface area contributed by atoms with Crippen LogP contribution in [-0.4, -0.2) is 17.0 Å². The lowest BCUT2D eigenvalue weighted by molar-refractivity contribution is -0.140. The Labute approximate surface area is 117 Å². The largest absolute Gasteiger partial charge is 0.481 e. The van der Waals surface area contributed by atoms with Gasteiger partial charge in [-0.3, -0.25) is 9.59 Å². The number of amides is 1. The summed E-state index contributed by atoms with van der Waals surface area (Å²) in [5.41, 5.74) is 0.798. The van der Waals surface area contributed by atoms with Crippen LogP contribution in [0.1, 0.15) is 12.0 Å². The van der Waals surface area contributed by atoms with Crippen molar-refractivity contribution in [3.8, 4) is 0 Å². The second-order valence-corrected chi connectivity index (χ2v) is 5.45. The van der Waals surface area contributed by atoms with E-state index in [9.17, 15) is 9.59 Å². The van der Waals surface area contributed by atoms with Gasteiger partial charge in [0, 0.05) is 11.0 Å². The molecule has 2 rings (SSSR count). The molecule has 1 saturated carbocycles. The van der Waals surface area contributed by atoms with Crippen LogP contribution >= 0.6 is 27.5 Å². The number of carbonyl (C=O) groups is 2. The molecule has 1 aliphatic rings. The van der Waals surface area contributed by atoms with Crippen molar-refractivity contribution in [3.05, 3.63) is 33.3 Å². The molecule has 1 amide bonds. The van der Waals surface area contributed by atoms with E-state index in [1.165, 1.54) is 0 Å². The van der Waals surface area contributed by atoms with E-state index in [0.717, 1.165) is 10.0 Å². The third kappa shape index (κ3) is 2.84. The number of carboxylic acids is 1. The van der Waals surface area contributed by atoms with E-state index in [2.05, 4.69) is 21.2 Å². The van der Waals surface area contributed by atoms with E-state index in [4.69, 9.17) is 16.7 Å². The summed E-state index contributed by atoms with van der Waals surface area (Å²) in [7, 11) is 0. The first-order chi connectivity index (χ1) is 8.50. The van der Waals surface area contributed by atoms with E-state index >= 15 is 0 Å². The first kappa shape index (κ1) is 13.4. The van der Waals surface area contributed by atoms with Crippen molar-refractivity contribution < 1.29 is 14.7 Å². The minimum absolute atomic E-state index is 0.224. The zero-order valence-corrected chi connectivity index (χ0v) is 11.7. The summed E-state index contributed by atoms with van der Waals surface area (Å²) in [5, 5.41) is 12.0. The van der Waals surface area contributed by atoms with Crippen LogP contribution in [0.4, 0.5) is 0 Å². The Kier molecular flexibility index (Phi) is 3.92. The topological polar surface area (TPSA) is 66.4 Å². The van der Waals surface area contributed by atoms with Crippen molar-refractivity contribution in [2.45, 2.75) is 13.0 Å². The number of benzene rings is 1. The number of nitrogens with one attached hydrogen (secondary N) is 1. The zero-order chi connectivity index (χ0) is 13.3. The Morgan fingerprint density at radius 2 is 2.17 bits per heavy atom. The van der Waals surface area contributed by atoms with E-state index < -0.39 is 17.8 Å². The maximum atomic E-state index is 11.7. The van der Waals surface area contributed by atoms with Crippen molar-refractivity contribution in [1.29, 1.82) is 0 Å². The number of carbonyl (C=O) groups excluding carboxylic acids is 1. The molecule has 0 unspecified atom stereocenters. The SMILES string of the molecule is O=C(NCc1cccc(Br)c1Cl)[C@H]1C[C@H]1C(=O)O. The molecule has 0 radical (unpaired) electrons. The summed E-state index contributed by atoms with van der Waals surface area (Å²) in [4.78, 5) is 22.3. The minimum atomic E-state index is -0.907. The normalized spacial score (nSPS) is 21.4. The second-order valence-electron chi connectivity index (χ2n) is 4.22. The number of aliphatic carboxylic acids is 1. The summed E-state index contributed by atoms with van der Waals surface area (Å²) >= 11 is 9.36. The predicted molar refractivity (Wildman–Crippen MR) is 70.2 cm³/mol. The van der Waals surface area contributed by atoms with Crippen LogP contribution in [0.5, 0.6) is 0 Å². The summed E-state index contributed by atoms with van der Waals surface area (Å²) in [5.74, 6) is -2.05. The van der Waals surface area contributed by atoms with Gasteiger partial charge < -0.3 is 10.4 Å². The van der Waals surface area contributed by atoms with E-state index in [1.54, 1.807) is 0 Å². The molecule has 0 bridgehead atoms. The van der Waals surface area contributed by atoms with Gasteiger partial charge in [-0.2, -0.15) is 0 Å². The Morgan fingerprint density at radius 3 is 2.78 bits per heavy atom. The number of rotatable bonds is 4. The highest BCUT2D eigenvalue weighted by atomic mass is 79.9. The number of carboxylic acid groups (broad SMARTS) is 1. The molecule has 0 aliphatic heterocycles. The van der Waals surface area contributed by atoms with Crippen LogP contribution in [0.2, 0.25) is 5.02 Å². The molecule has 0 aromatic heterocycles. The highest BCUT2D eigenvalue weighted by Gasteiger charge is 2.48. The fourth-order valence-corrected chi connectivity index (χ4v) is 2.36.